The van der Waals surface area contributed by atoms with Crippen molar-refractivity contribution in [2.75, 3.05) is 0 Å². The van der Waals surface area contributed by atoms with Crippen molar-refractivity contribution in [1.29, 1.82) is 0 Å². The third kappa shape index (κ3) is 3.73. The fourth-order valence-electron chi connectivity index (χ4n) is 1.27. The van der Waals surface area contributed by atoms with E-state index < -0.39 is 18.0 Å². The van der Waals surface area contributed by atoms with E-state index in [2.05, 4.69) is 11.9 Å². The first kappa shape index (κ1) is 12.9. The maximum absolute atomic E-state index is 10.6. The zero-order valence-electron chi connectivity index (χ0n) is 9.09. The molecule has 5 nitrogen and oxygen atoms in total. The number of aliphatic carboxylic acids is 2. The molecule has 0 radical (unpaired) electrons. The fourth-order valence-corrected chi connectivity index (χ4v) is 1.27. The van der Waals surface area contributed by atoms with E-state index in [1.807, 2.05) is 12.1 Å². The Morgan fingerprint density at radius 3 is 2.18 bits per heavy atom. The molecule has 0 aliphatic heterocycles. The van der Waals surface area contributed by atoms with E-state index in [1.54, 1.807) is 18.2 Å². The molecule has 90 valence electrons. The van der Waals surface area contributed by atoms with Gasteiger partial charge in [0.15, 0.2) is 0 Å². The third-order valence-corrected chi connectivity index (χ3v) is 2.22. The summed E-state index contributed by atoms with van der Waals surface area (Å²) < 4.78 is 0. The Bertz CT molecular complexity index is 411. The predicted octanol–water partition coefficient (Wildman–Crippen LogP) is 0.957. The van der Waals surface area contributed by atoms with Crippen LogP contribution in [-0.2, 0) is 16.1 Å². The SMILES string of the molecule is C=Cc1ccc(CNC(C(=O)O)C(=O)O)cc1. The Kier molecular flexibility index (Phi) is 4.42. The highest BCUT2D eigenvalue weighted by Gasteiger charge is 2.24. The second-order valence-corrected chi connectivity index (χ2v) is 3.44. The first-order chi connectivity index (χ1) is 8.04. The molecule has 1 aromatic rings. The molecule has 0 heterocycles. The zero-order chi connectivity index (χ0) is 12.8. The normalized spacial score (nSPS) is 10.2. The molecule has 0 saturated carbocycles. The number of benzene rings is 1. The quantitative estimate of drug-likeness (QED) is 0.639. The standard InChI is InChI=1S/C12H13NO4/c1-2-8-3-5-9(6-4-8)7-13-10(11(14)15)12(16)17/h2-6,10,13H,1,7H2,(H,14,15)(H,16,17). The minimum atomic E-state index is -1.59. The van der Waals surface area contributed by atoms with Gasteiger partial charge in [-0.2, -0.15) is 0 Å². The largest absolute Gasteiger partial charge is 0.480 e. The molecule has 0 bridgehead atoms. The van der Waals surface area contributed by atoms with Crippen molar-refractivity contribution in [3.05, 3.63) is 42.0 Å². The van der Waals surface area contributed by atoms with Gasteiger partial charge in [-0.3, -0.25) is 5.32 Å². The van der Waals surface area contributed by atoms with Crippen molar-refractivity contribution >= 4 is 18.0 Å². The van der Waals surface area contributed by atoms with Crippen LogP contribution in [0, 0.1) is 0 Å². The van der Waals surface area contributed by atoms with Crippen LogP contribution in [0.5, 0.6) is 0 Å². The van der Waals surface area contributed by atoms with Crippen LogP contribution in [0.1, 0.15) is 11.1 Å². The molecule has 1 rings (SSSR count). The molecule has 1 aromatic carbocycles. The second kappa shape index (κ2) is 5.81. The molecule has 17 heavy (non-hydrogen) atoms. The maximum Gasteiger partial charge on any atom is 0.332 e. The highest BCUT2D eigenvalue weighted by Crippen LogP contribution is 2.05. The van der Waals surface area contributed by atoms with Crippen molar-refractivity contribution in [2.24, 2.45) is 0 Å². The summed E-state index contributed by atoms with van der Waals surface area (Å²) in [6.07, 6.45) is 1.69. The number of hydrogen-bond donors (Lipinski definition) is 3. The molecule has 0 atom stereocenters. The van der Waals surface area contributed by atoms with Gasteiger partial charge in [-0.15, -0.1) is 0 Å². The lowest BCUT2D eigenvalue weighted by Gasteiger charge is -2.09. The summed E-state index contributed by atoms with van der Waals surface area (Å²) in [6, 6.07) is 5.62. The highest BCUT2D eigenvalue weighted by atomic mass is 16.4. The number of rotatable bonds is 6. The van der Waals surface area contributed by atoms with Crippen molar-refractivity contribution in [2.45, 2.75) is 12.6 Å². The van der Waals surface area contributed by atoms with Gasteiger partial charge in [0, 0.05) is 6.54 Å². The second-order valence-electron chi connectivity index (χ2n) is 3.44. The summed E-state index contributed by atoms with van der Waals surface area (Å²) >= 11 is 0. The van der Waals surface area contributed by atoms with Gasteiger partial charge in [-0.05, 0) is 11.1 Å². The monoisotopic (exact) mass is 235 g/mol. The Morgan fingerprint density at radius 2 is 1.76 bits per heavy atom. The number of carboxylic acid groups (broad SMARTS) is 2. The van der Waals surface area contributed by atoms with Gasteiger partial charge < -0.3 is 10.2 Å². The highest BCUT2D eigenvalue weighted by molar-refractivity contribution is 5.97. The Morgan fingerprint density at radius 1 is 1.24 bits per heavy atom. The lowest BCUT2D eigenvalue weighted by molar-refractivity contribution is -0.151. The molecule has 0 unspecified atom stereocenters. The molecular formula is C12H13NO4. The summed E-state index contributed by atoms with van der Waals surface area (Å²) in [4.78, 5) is 21.2. The van der Waals surface area contributed by atoms with Gasteiger partial charge >= 0.3 is 11.9 Å². The lowest BCUT2D eigenvalue weighted by Crippen LogP contribution is -2.42. The number of hydrogen-bond acceptors (Lipinski definition) is 3. The van der Waals surface area contributed by atoms with E-state index in [0.717, 1.165) is 11.1 Å². The van der Waals surface area contributed by atoms with Crippen LogP contribution in [0.25, 0.3) is 6.08 Å². The molecule has 0 saturated heterocycles. The smallest absolute Gasteiger partial charge is 0.332 e. The van der Waals surface area contributed by atoms with Crippen LogP contribution < -0.4 is 5.32 Å². The predicted molar refractivity (Wildman–Crippen MR) is 62.4 cm³/mol. The number of carboxylic acids is 2. The van der Waals surface area contributed by atoms with Gasteiger partial charge in [-0.25, -0.2) is 9.59 Å². The number of carbonyl (C=O) groups is 2. The Hall–Kier alpha value is -2.14. The van der Waals surface area contributed by atoms with Crippen molar-refractivity contribution in [3.63, 3.8) is 0 Å². The van der Waals surface area contributed by atoms with Crippen LogP contribution in [0.2, 0.25) is 0 Å². The topological polar surface area (TPSA) is 86.6 Å². The molecule has 0 aliphatic rings. The molecule has 0 fully saturated rings. The lowest BCUT2D eigenvalue weighted by atomic mass is 10.1. The molecular weight excluding hydrogens is 222 g/mol. The molecule has 0 aromatic heterocycles. The van der Waals surface area contributed by atoms with E-state index in [1.165, 1.54) is 0 Å². The Labute approximate surface area is 98.4 Å². The summed E-state index contributed by atoms with van der Waals surface area (Å²) in [6.45, 7) is 3.79. The summed E-state index contributed by atoms with van der Waals surface area (Å²) in [5, 5.41) is 19.7. The van der Waals surface area contributed by atoms with Gasteiger partial charge in [-0.1, -0.05) is 36.9 Å². The van der Waals surface area contributed by atoms with E-state index in [-0.39, 0.29) is 6.54 Å². The van der Waals surface area contributed by atoms with Crippen LogP contribution in [-0.4, -0.2) is 28.2 Å². The molecule has 0 spiro atoms. The average Bonchev–Trinajstić information content (AvgIpc) is 2.29. The minimum absolute atomic E-state index is 0.181. The molecule has 3 N–H and O–H groups in total. The summed E-state index contributed by atoms with van der Waals surface area (Å²) in [7, 11) is 0. The van der Waals surface area contributed by atoms with Gasteiger partial charge in [0.25, 0.3) is 0 Å². The van der Waals surface area contributed by atoms with Crippen molar-refractivity contribution in [3.8, 4) is 0 Å². The fraction of sp³-hybridized carbons (Fsp3) is 0.167. The van der Waals surface area contributed by atoms with Crippen LogP contribution >= 0.6 is 0 Å². The summed E-state index contributed by atoms with van der Waals surface area (Å²) in [5.74, 6) is -2.81. The minimum Gasteiger partial charge on any atom is -0.480 e. The van der Waals surface area contributed by atoms with E-state index in [4.69, 9.17) is 10.2 Å². The van der Waals surface area contributed by atoms with E-state index >= 15 is 0 Å². The van der Waals surface area contributed by atoms with Crippen LogP contribution in [0.3, 0.4) is 0 Å². The zero-order valence-corrected chi connectivity index (χ0v) is 9.09. The van der Waals surface area contributed by atoms with Crippen molar-refractivity contribution in [1.82, 2.24) is 5.32 Å². The molecule has 5 heteroatoms. The van der Waals surface area contributed by atoms with Crippen LogP contribution in [0.4, 0.5) is 0 Å². The maximum atomic E-state index is 10.6. The van der Waals surface area contributed by atoms with Crippen LogP contribution in [0.15, 0.2) is 30.8 Å². The third-order valence-electron chi connectivity index (χ3n) is 2.22. The van der Waals surface area contributed by atoms with Gasteiger partial charge in [0.05, 0.1) is 0 Å². The summed E-state index contributed by atoms with van der Waals surface area (Å²) in [5.41, 5.74) is 1.75. The van der Waals surface area contributed by atoms with Crippen molar-refractivity contribution < 1.29 is 19.8 Å². The first-order valence-electron chi connectivity index (χ1n) is 4.95. The first-order valence-corrected chi connectivity index (χ1v) is 4.95. The van der Waals surface area contributed by atoms with E-state index in [9.17, 15) is 9.59 Å². The van der Waals surface area contributed by atoms with Gasteiger partial charge in [0.1, 0.15) is 0 Å². The molecule has 0 aliphatic carbocycles. The average molecular weight is 235 g/mol. The molecule has 0 amide bonds. The van der Waals surface area contributed by atoms with Gasteiger partial charge in [0.2, 0.25) is 6.04 Å². The van der Waals surface area contributed by atoms with E-state index in [0.29, 0.717) is 0 Å². The Balaban J connectivity index is 2.62. The number of nitrogens with one attached hydrogen (secondary N) is 1.